The number of halogens is 12. The van der Waals surface area contributed by atoms with Gasteiger partial charge in [0, 0.05) is 44.2 Å². The maximum absolute atomic E-state index is 14.4. The molecule has 410 valence electrons. The monoisotopic (exact) mass is 1130 g/mol. The topological polar surface area (TPSA) is 69.4 Å². The molecule has 0 amide bonds. The van der Waals surface area contributed by atoms with E-state index in [1.807, 2.05) is 60.7 Å². The number of benzene rings is 9. The van der Waals surface area contributed by atoms with Crippen molar-refractivity contribution in [3.63, 3.8) is 0 Å². The minimum Gasteiger partial charge on any atom is -0.308 e. The van der Waals surface area contributed by atoms with Crippen LogP contribution >= 0.6 is 0 Å². The van der Waals surface area contributed by atoms with Crippen LogP contribution in [0, 0.1) is 0 Å². The van der Waals surface area contributed by atoms with E-state index >= 15 is 0 Å². The molecule has 12 aromatic rings. The quantitative estimate of drug-likeness (QED) is 0.135. The van der Waals surface area contributed by atoms with Crippen molar-refractivity contribution < 1.29 is 52.7 Å². The summed E-state index contributed by atoms with van der Waals surface area (Å²) in [4.78, 5) is 25.0. The van der Waals surface area contributed by atoms with E-state index in [0.29, 0.717) is 74.5 Å². The van der Waals surface area contributed by atoms with E-state index in [2.05, 4.69) is 0 Å². The zero-order valence-electron chi connectivity index (χ0n) is 42.5. The average molecular weight is 1130 g/mol. The number of fused-ring (bicyclic) bond motifs is 3. The van der Waals surface area contributed by atoms with E-state index in [4.69, 9.17) is 24.9 Å². The molecular weight excluding hydrogens is 1090 g/mol. The Labute approximate surface area is 463 Å². The highest BCUT2D eigenvalue weighted by Gasteiger charge is 2.39. The Morgan fingerprint density at radius 1 is 0.253 bits per heavy atom. The van der Waals surface area contributed by atoms with Crippen LogP contribution in [0.1, 0.15) is 22.3 Å². The predicted molar refractivity (Wildman–Crippen MR) is 293 cm³/mol. The molecule has 9 aromatic carbocycles. The van der Waals surface area contributed by atoms with E-state index < -0.39 is 58.1 Å². The van der Waals surface area contributed by atoms with Crippen molar-refractivity contribution in [2.45, 2.75) is 24.7 Å². The van der Waals surface area contributed by atoms with E-state index in [9.17, 15) is 52.7 Å². The van der Waals surface area contributed by atoms with Crippen molar-refractivity contribution >= 4 is 21.8 Å². The summed E-state index contributed by atoms with van der Waals surface area (Å²) in [6.07, 6.45) is -20.8. The van der Waals surface area contributed by atoms with Crippen LogP contribution in [0.5, 0.6) is 0 Å². The normalized spacial score (nSPS) is 12.3. The molecule has 12 rings (SSSR count). The van der Waals surface area contributed by atoms with Gasteiger partial charge in [-0.3, -0.25) is 0 Å². The molecule has 0 saturated heterocycles. The van der Waals surface area contributed by atoms with Crippen LogP contribution in [0.2, 0.25) is 0 Å². The fraction of sp³-hybridized carbons (Fsp3) is 0.0615. The summed E-state index contributed by atoms with van der Waals surface area (Å²) < 4.78 is 175. The molecule has 0 fully saturated rings. The standard InChI is InChI=1S/C65H36F12N6/c66-62(67,68)46-27-44(28-47(34-46)63(69,70)71)41-21-24-50-51-25-22-42(45-29-48(64(72,73)74)35-49(30-45)65(75,76)77)33-57(51)83(56(50)32-41)55-26-23-43(54-36-53(37-13-5-1-6-14-37)78-58(79-54)38-15-7-2-8-16-38)31-52(55)61-81-59(39-17-9-3-10-18-39)80-60(82-61)40-19-11-4-12-20-40/h1-36H. The van der Waals surface area contributed by atoms with E-state index in [0.717, 1.165) is 5.56 Å². The summed E-state index contributed by atoms with van der Waals surface area (Å²) in [5, 5.41) is 0.685. The van der Waals surface area contributed by atoms with Gasteiger partial charge in [0.05, 0.1) is 50.4 Å². The van der Waals surface area contributed by atoms with Crippen LogP contribution in [-0.2, 0) is 24.7 Å². The Hall–Kier alpha value is -9.97. The molecule has 0 aliphatic heterocycles. The van der Waals surface area contributed by atoms with Crippen LogP contribution in [0.25, 0.3) is 118 Å². The van der Waals surface area contributed by atoms with Crippen molar-refractivity contribution in [1.82, 2.24) is 29.5 Å². The smallest absolute Gasteiger partial charge is 0.308 e. The molecular formula is C65H36F12N6. The third-order valence-electron chi connectivity index (χ3n) is 13.9. The molecule has 0 aliphatic rings. The molecule has 0 unspecified atom stereocenters. The Morgan fingerprint density at radius 3 is 0.976 bits per heavy atom. The Morgan fingerprint density at radius 2 is 0.590 bits per heavy atom. The fourth-order valence-electron chi connectivity index (χ4n) is 9.95. The van der Waals surface area contributed by atoms with Crippen molar-refractivity contribution in [1.29, 1.82) is 0 Å². The summed E-state index contributed by atoms with van der Waals surface area (Å²) in [6.45, 7) is 0. The van der Waals surface area contributed by atoms with Gasteiger partial charge < -0.3 is 4.57 Å². The zero-order valence-corrected chi connectivity index (χ0v) is 42.5. The van der Waals surface area contributed by atoms with Gasteiger partial charge >= 0.3 is 24.7 Å². The first-order chi connectivity index (χ1) is 39.6. The molecule has 0 atom stereocenters. The third-order valence-corrected chi connectivity index (χ3v) is 13.9. The maximum Gasteiger partial charge on any atom is 0.416 e. The molecule has 6 nitrogen and oxygen atoms in total. The number of nitrogens with zero attached hydrogens (tertiary/aromatic N) is 6. The van der Waals surface area contributed by atoms with Gasteiger partial charge in [-0.1, -0.05) is 152 Å². The summed E-state index contributed by atoms with van der Waals surface area (Å²) in [5.74, 6) is 0.831. The highest BCUT2D eigenvalue weighted by Crippen LogP contribution is 2.45. The molecule has 0 N–H and O–H groups in total. The minimum absolute atomic E-state index is 0.0117. The van der Waals surface area contributed by atoms with Crippen LogP contribution < -0.4 is 0 Å². The summed E-state index contributed by atoms with van der Waals surface area (Å²) in [7, 11) is 0. The lowest BCUT2D eigenvalue weighted by Gasteiger charge is -2.18. The Balaban J connectivity index is 1.20. The number of rotatable bonds is 9. The second-order valence-corrected chi connectivity index (χ2v) is 19.4. The lowest BCUT2D eigenvalue weighted by molar-refractivity contribution is -0.144. The van der Waals surface area contributed by atoms with Gasteiger partial charge in [0.2, 0.25) is 0 Å². The maximum atomic E-state index is 14.4. The highest BCUT2D eigenvalue weighted by atomic mass is 19.4. The molecule has 0 saturated carbocycles. The SMILES string of the molecule is FC(F)(F)c1cc(-c2ccc3c4ccc(-c5cc(C(F)(F)F)cc(C(F)(F)F)c5)cc4n(-c4ccc(-c5cc(-c6ccccc6)nc(-c6ccccc6)n5)cc4-c4nc(-c5ccccc5)nc(-c5ccccc5)n4)c3c2)cc(C(F)(F)F)c1. The predicted octanol–water partition coefficient (Wildman–Crippen LogP) is 19.2. The van der Waals surface area contributed by atoms with Crippen LogP contribution in [0.3, 0.4) is 0 Å². The van der Waals surface area contributed by atoms with Gasteiger partial charge in [-0.15, -0.1) is 0 Å². The largest absolute Gasteiger partial charge is 0.416 e. The van der Waals surface area contributed by atoms with Crippen LogP contribution in [0.15, 0.2) is 218 Å². The van der Waals surface area contributed by atoms with Crippen LogP contribution in [-0.4, -0.2) is 29.5 Å². The number of alkyl halides is 12. The molecule has 0 bridgehead atoms. The molecule has 83 heavy (non-hydrogen) atoms. The van der Waals surface area contributed by atoms with Crippen molar-refractivity contribution in [2.75, 3.05) is 0 Å². The first-order valence-corrected chi connectivity index (χ1v) is 25.3. The van der Waals surface area contributed by atoms with Crippen molar-refractivity contribution in [3.05, 3.63) is 241 Å². The van der Waals surface area contributed by atoms with Gasteiger partial charge in [0.1, 0.15) is 0 Å². The van der Waals surface area contributed by atoms with Crippen molar-refractivity contribution in [3.8, 4) is 96.0 Å². The zero-order chi connectivity index (χ0) is 58.0. The Bertz CT molecular complexity index is 4110. The van der Waals surface area contributed by atoms with Gasteiger partial charge in [0.15, 0.2) is 23.3 Å². The third kappa shape index (κ3) is 10.8. The van der Waals surface area contributed by atoms with E-state index in [1.165, 1.54) is 36.4 Å². The number of aromatic nitrogens is 6. The first-order valence-electron chi connectivity index (χ1n) is 25.3. The van der Waals surface area contributed by atoms with Gasteiger partial charge in [-0.05, 0) is 89.0 Å². The number of hydrogen-bond acceptors (Lipinski definition) is 5. The number of hydrogen-bond donors (Lipinski definition) is 0. The fourth-order valence-corrected chi connectivity index (χ4v) is 9.95. The molecule has 0 spiro atoms. The second kappa shape index (κ2) is 20.5. The molecule has 3 heterocycles. The lowest BCUT2D eigenvalue weighted by atomic mass is 9.97. The van der Waals surface area contributed by atoms with Crippen LogP contribution in [0.4, 0.5) is 52.7 Å². The molecule has 0 aliphatic carbocycles. The van der Waals surface area contributed by atoms with E-state index in [1.54, 1.807) is 89.5 Å². The summed E-state index contributed by atoms with van der Waals surface area (Å²) in [6, 6.07) is 54.0. The van der Waals surface area contributed by atoms with E-state index in [-0.39, 0.29) is 63.0 Å². The van der Waals surface area contributed by atoms with Crippen molar-refractivity contribution in [2.24, 2.45) is 0 Å². The highest BCUT2D eigenvalue weighted by molar-refractivity contribution is 6.12. The Kier molecular flexibility index (Phi) is 13.3. The van der Waals surface area contributed by atoms with Gasteiger partial charge in [-0.2, -0.15) is 52.7 Å². The second-order valence-electron chi connectivity index (χ2n) is 19.4. The molecule has 18 heteroatoms. The average Bonchev–Trinajstić information content (AvgIpc) is 2.22. The first kappa shape index (κ1) is 53.7. The molecule has 3 aromatic heterocycles. The van der Waals surface area contributed by atoms with Gasteiger partial charge in [0.25, 0.3) is 0 Å². The minimum atomic E-state index is -5.20. The molecule has 0 radical (unpaired) electrons. The summed E-state index contributed by atoms with van der Waals surface area (Å²) in [5.41, 5.74) is -2.67. The lowest BCUT2D eigenvalue weighted by Crippen LogP contribution is -2.11. The summed E-state index contributed by atoms with van der Waals surface area (Å²) >= 11 is 0. The van der Waals surface area contributed by atoms with Gasteiger partial charge in [-0.25, -0.2) is 24.9 Å².